The lowest BCUT2D eigenvalue weighted by atomic mass is 10.0. The van der Waals surface area contributed by atoms with Gasteiger partial charge in [0.1, 0.15) is 18.5 Å². The first-order chi connectivity index (χ1) is 13.3. The number of carbonyl (C=O) groups is 2. The number of aliphatic hydroxyl groups excluding tert-OH is 1. The molecule has 28 heavy (non-hydrogen) atoms. The fraction of sp³-hybridized carbons (Fsp3) is 0.350. The van der Waals surface area contributed by atoms with Crippen LogP contribution in [0.25, 0.3) is 0 Å². The Morgan fingerprint density at radius 1 is 1.18 bits per heavy atom. The molecule has 0 aliphatic heterocycles. The van der Waals surface area contributed by atoms with Crippen LogP contribution in [0, 0.1) is 0 Å². The summed E-state index contributed by atoms with van der Waals surface area (Å²) in [7, 11) is 1.88. The van der Waals surface area contributed by atoms with Gasteiger partial charge >= 0.3 is 12.1 Å². The number of aliphatic hydroxyl groups is 1. The maximum Gasteiger partial charge on any atom is 0.408 e. The van der Waals surface area contributed by atoms with Crippen LogP contribution in [0.15, 0.2) is 48.7 Å². The summed E-state index contributed by atoms with van der Waals surface area (Å²) < 4.78 is 5.02. The Hall–Kier alpha value is -3.13. The Balaban J connectivity index is 2.02. The van der Waals surface area contributed by atoms with Crippen molar-refractivity contribution >= 4 is 17.9 Å². The SMILES string of the molecule is CC(C)N(C)c1ccc([C@@H](O)[C@@H](NC(=O)OCc2ccccc2)C(=O)O)cn1. The lowest BCUT2D eigenvalue weighted by Gasteiger charge is -2.24. The number of aromatic nitrogens is 1. The van der Waals surface area contributed by atoms with Crippen molar-refractivity contribution in [1.82, 2.24) is 10.3 Å². The predicted octanol–water partition coefficient (Wildman–Crippen LogP) is 2.34. The van der Waals surface area contributed by atoms with Gasteiger partial charge in [0.05, 0.1) is 0 Å². The number of aliphatic carboxylic acids is 1. The summed E-state index contributed by atoms with van der Waals surface area (Å²) in [5, 5.41) is 22.0. The zero-order chi connectivity index (χ0) is 20.7. The number of carbonyl (C=O) groups excluding carboxylic acids is 1. The van der Waals surface area contributed by atoms with Crippen LogP contribution in [0.3, 0.4) is 0 Å². The molecule has 0 spiro atoms. The lowest BCUT2D eigenvalue weighted by Crippen LogP contribution is -2.45. The fourth-order valence-corrected chi connectivity index (χ4v) is 2.41. The third-order valence-corrected chi connectivity index (χ3v) is 4.32. The van der Waals surface area contributed by atoms with Crippen molar-refractivity contribution in [2.45, 2.75) is 38.6 Å². The number of hydrogen-bond acceptors (Lipinski definition) is 6. The summed E-state index contributed by atoms with van der Waals surface area (Å²) in [6, 6.07) is 10.9. The number of pyridine rings is 1. The number of carboxylic acids is 1. The molecular formula is C20H25N3O5. The summed E-state index contributed by atoms with van der Waals surface area (Å²) in [5.74, 6) is -0.694. The molecule has 2 aromatic rings. The number of rotatable bonds is 8. The molecule has 2 atom stereocenters. The van der Waals surface area contributed by atoms with E-state index in [4.69, 9.17) is 4.74 Å². The molecule has 0 unspecified atom stereocenters. The van der Waals surface area contributed by atoms with Crippen LogP contribution in [0.5, 0.6) is 0 Å². The first kappa shape index (κ1) is 21.2. The fourth-order valence-electron chi connectivity index (χ4n) is 2.41. The molecular weight excluding hydrogens is 362 g/mol. The number of nitrogens with zero attached hydrogens (tertiary/aromatic N) is 2. The van der Waals surface area contributed by atoms with E-state index in [2.05, 4.69) is 10.3 Å². The number of ether oxygens (including phenoxy) is 1. The molecule has 2 rings (SSSR count). The minimum absolute atomic E-state index is 0.00705. The Morgan fingerprint density at radius 2 is 1.86 bits per heavy atom. The van der Waals surface area contributed by atoms with Gasteiger partial charge in [0, 0.05) is 24.8 Å². The number of alkyl carbamates (subject to hydrolysis) is 1. The zero-order valence-corrected chi connectivity index (χ0v) is 16.1. The number of amides is 1. The van der Waals surface area contributed by atoms with Crippen LogP contribution < -0.4 is 10.2 Å². The van der Waals surface area contributed by atoms with Crippen LogP contribution >= 0.6 is 0 Å². The molecule has 0 bridgehead atoms. The minimum Gasteiger partial charge on any atom is -0.480 e. The highest BCUT2D eigenvalue weighted by atomic mass is 16.5. The molecule has 8 heteroatoms. The Bertz CT molecular complexity index is 780. The number of nitrogens with one attached hydrogen (secondary N) is 1. The van der Waals surface area contributed by atoms with E-state index in [1.165, 1.54) is 6.20 Å². The summed E-state index contributed by atoms with van der Waals surface area (Å²) in [4.78, 5) is 29.7. The summed E-state index contributed by atoms with van der Waals surface area (Å²) in [6.45, 7) is 4.01. The van der Waals surface area contributed by atoms with E-state index in [9.17, 15) is 19.8 Å². The predicted molar refractivity (Wildman–Crippen MR) is 104 cm³/mol. The van der Waals surface area contributed by atoms with Crippen molar-refractivity contribution < 1.29 is 24.5 Å². The topological polar surface area (TPSA) is 112 Å². The number of anilines is 1. The van der Waals surface area contributed by atoms with Gasteiger partial charge in [-0.1, -0.05) is 36.4 Å². The molecule has 0 aliphatic carbocycles. The molecule has 0 aliphatic rings. The van der Waals surface area contributed by atoms with Crippen molar-refractivity contribution in [2.75, 3.05) is 11.9 Å². The van der Waals surface area contributed by atoms with Gasteiger partial charge < -0.3 is 25.2 Å². The van der Waals surface area contributed by atoms with Crippen LogP contribution in [-0.2, 0) is 16.1 Å². The second-order valence-electron chi connectivity index (χ2n) is 6.62. The van der Waals surface area contributed by atoms with E-state index < -0.39 is 24.2 Å². The highest BCUT2D eigenvalue weighted by Crippen LogP contribution is 2.20. The van der Waals surface area contributed by atoms with Gasteiger partial charge in [-0.2, -0.15) is 0 Å². The monoisotopic (exact) mass is 387 g/mol. The highest BCUT2D eigenvalue weighted by Gasteiger charge is 2.30. The van der Waals surface area contributed by atoms with Crippen LogP contribution in [-0.4, -0.2) is 46.4 Å². The van der Waals surface area contributed by atoms with Crippen molar-refractivity contribution in [3.05, 3.63) is 59.8 Å². The lowest BCUT2D eigenvalue weighted by molar-refractivity contribution is -0.142. The van der Waals surface area contributed by atoms with Crippen LogP contribution in [0.2, 0.25) is 0 Å². The van der Waals surface area contributed by atoms with Gasteiger partial charge in [0.2, 0.25) is 0 Å². The summed E-state index contributed by atoms with van der Waals surface area (Å²) in [5.41, 5.74) is 1.04. The summed E-state index contributed by atoms with van der Waals surface area (Å²) >= 11 is 0. The van der Waals surface area contributed by atoms with E-state index in [-0.39, 0.29) is 18.2 Å². The first-order valence-electron chi connectivity index (χ1n) is 8.86. The van der Waals surface area contributed by atoms with E-state index in [1.54, 1.807) is 36.4 Å². The normalized spacial score (nSPS) is 12.9. The number of hydrogen-bond donors (Lipinski definition) is 3. The maximum absolute atomic E-state index is 12.0. The van der Waals surface area contributed by atoms with Crippen molar-refractivity contribution in [3.8, 4) is 0 Å². The van der Waals surface area contributed by atoms with Crippen molar-refractivity contribution in [1.29, 1.82) is 0 Å². The second kappa shape index (κ2) is 9.70. The molecule has 1 amide bonds. The Labute approximate surface area is 163 Å². The average molecular weight is 387 g/mol. The number of carboxylic acid groups (broad SMARTS) is 1. The molecule has 0 saturated heterocycles. The molecule has 150 valence electrons. The summed E-state index contributed by atoms with van der Waals surface area (Å²) in [6.07, 6.45) is -1.02. The first-order valence-corrected chi connectivity index (χ1v) is 8.86. The van der Waals surface area contributed by atoms with E-state index in [0.717, 1.165) is 5.56 Å². The second-order valence-corrected chi connectivity index (χ2v) is 6.62. The largest absolute Gasteiger partial charge is 0.480 e. The van der Waals surface area contributed by atoms with Gasteiger partial charge in [-0.15, -0.1) is 0 Å². The molecule has 1 heterocycles. The van der Waals surface area contributed by atoms with Gasteiger partial charge in [-0.3, -0.25) is 0 Å². The van der Waals surface area contributed by atoms with Gasteiger partial charge in [-0.05, 0) is 25.5 Å². The zero-order valence-electron chi connectivity index (χ0n) is 16.1. The quantitative estimate of drug-likeness (QED) is 0.637. The standard InChI is InChI=1S/C20H25N3O5/c1-13(2)23(3)16-10-9-15(11-21-16)18(24)17(19(25)26)22-20(27)28-12-14-7-5-4-6-8-14/h4-11,13,17-18,24H,12H2,1-3H3,(H,22,27)(H,25,26)/t17-,18-/m1/s1. The maximum atomic E-state index is 12.0. The van der Waals surface area contributed by atoms with Crippen molar-refractivity contribution in [2.24, 2.45) is 0 Å². The minimum atomic E-state index is -1.57. The molecule has 1 aromatic heterocycles. The van der Waals surface area contributed by atoms with Crippen LogP contribution in [0.4, 0.5) is 10.6 Å². The molecule has 3 N–H and O–H groups in total. The molecule has 8 nitrogen and oxygen atoms in total. The highest BCUT2D eigenvalue weighted by molar-refractivity contribution is 5.80. The van der Waals surface area contributed by atoms with Crippen LogP contribution in [0.1, 0.15) is 31.1 Å². The Kier molecular flexibility index (Phi) is 7.34. The van der Waals surface area contributed by atoms with Gasteiger partial charge in [0.15, 0.2) is 6.04 Å². The van der Waals surface area contributed by atoms with Crippen molar-refractivity contribution in [3.63, 3.8) is 0 Å². The molecule has 0 radical (unpaired) electrons. The number of benzene rings is 1. The van der Waals surface area contributed by atoms with E-state index in [1.807, 2.05) is 31.9 Å². The molecule has 0 saturated carbocycles. The molecule has 0 fully saturated rings. The average Bonchev–Trinajstić information content (AvgIpc) is 2.70. The third kappa shape index (κ3) is 5.68. The van der Waals surface area contributed by atoms with E-state index in [0.29, 0.717) is 5.82 Å². The van der Waals surface area contributed by atoms with Gasteiger partial charge in [-0.25, -0.2) is 14.6 Å². The molecule has 1 aromatic carbocycles. The third-order valence-electron chi connectivity index (χ3n) is 4.32. The van der Waals surface area contributed by atoms with Gasteiger partial charge in [0.25, 0.3) is 0 Å². The smallest absolute Gasteiger partial charge is 0.408 e. The van der Waals surface area contributed by atoms with E-state index >= 15 is 0 Å². The Morgan fingerprint density at radius 3 is 2.39 bits per heavy atom.